The number of pyridine rings is 1. The van der Waals surface area contributed by atoms with E-state index < -0.39 is 10.0 Å². The summed E-state index contributed by atoms with van der Waals surface area (Å²) in [4.78, 5) is 14.9. The van der Waals surface area contributed by atoms with Crippen LogP contribution in [0.3, 0.4) is 0 Å². The Bertz CT molecular complexity index is 1070. The number of aryl methyl sites for hydroxylation is 1. The van der Waals surface area contributed by atoms with Gasteiger partial charge in [-0.15, -0.1) is 0 Å². The van der Waals surface area contributed by atoms with Gasteiger partial charge in [-0.2, -0.15) is 0 Å². The van der Waals surface area contributed by atoms with E-state index in [1.807, 2.05) is 36.3 Å². The molecule has 1 N–H and O–H groups in total. The van der Waals surface area contributed by atoms with E-state index in [0.29, 0.717) is 18.2 Å². The van der Waals surface area contributed by atoms with Gasteiger partial charge < -0.3 is 9.64 Å². The summed E-state index contributed by atoms with van der Waals surface area (Å²) in [6.07, 6.45) is 5.42. The van der Waals surface area contributed by atoms with Crippen LogP contribution in [0.4, 0.5) is 0 Å². The number of hydrogen-bond acceptors (Lipinski definition) is 8. The standard InChI is InChI=1S/C20H23N5O3S2/c1-25-19(22-14-23-20(25)29-13-15-4-2-8-21-11-15)12-24-30(26,27)17-7-6-16-5-3-9-28-18(16)10-17/h2,4,6-8,10-11,24H,3,5,9,12-14H2,1H3. The lowest BCUT2D eigenvalue weighted by Crippen LogP contribution is -2.42. The van der Waals surface area contributed by atoms with Crippen LogP contribution < -0.4 is 9.46 Å². The second-order valence-electron chi connectivity index (χ2n) is 6.91. The van der Waals surface area contributed by atoms with E-state index in [4.69, 9.17) is 4.74 Å². The van der Waals surface area contributed by atoms with Gasteiger partial charge in [0.1, 0.15) is 18.3 Å². The molecule has 0 atom stereocenters. The van der Waals surface area contributed by atoms with Crippen LogP contribution in [-0.4, -0.2) is 56.2 Å². The average Bonchev–Trinajstić information content (AvgIpc) is 2.78. The Kier molecular flexibility index (Phi) is 6.35. The van der Waals surface area contributed by atoms with Crippen molar-refractivity contribution in [2.24, 2.45) is 9.98 Å². The fourth-order valence-electron chi connectivity index (χ4n) is 3.18. The highest BCUT2D eigenvalue weighted by molar-refractivity contribution is 8.13. The molecule has 0 radical (unpaired) electrons. The third kappa shape index (κ3) is 4.82. The topological polar surface area (TPSA) is 96.2 Å². The smallest absolute Gasteiger partial charge is 0.241 e. The molecule has 0 saturated heterocycles. The summed E-state index contributed by atoms with van der Waals surface area (Å²) in [5.41, 5.74) is 2.14. The zero-order chi connectivity index (χ0) is 21.0. The number of aliphatic imine (C=N–C) groups is 2. The molecule has 0 unspecified atom stereocenters. The molecule has 0 aliphatic carbocycles. The highest BCUT2D eigenvalue weighted by Gasteiger charge is 2.22. The molecule has 2 aliphatic rings. The number of nitrogens with zero attached hydrogens (tertiary/aromatic N) is 4. The Balaban J connectivity index is 1.37. The summed E-state index contributed by atoms with van der Waals surface area (Å²) in [6, 6.07) is 8.95. The van der Waals surface area contributed by atoms with Crippen molar-refractivity contribution in [1.82, 2.24) is 14.6 Å². The number of amidine groups is 2. The van der Waals surface area contributed by atoms with Crippen molar-refractivity contribution in [2.75, 3.05) is 26.9 Å². The summed E-state index contributed by atoms with van der Waals surface area (Å²) in [7, 11) is -1.84. The first-order valence-corrected chi connectivity index (χ1v) is 12.1. The largest absolute Gasteiger partial charge is 0.493 e. The van der Waals surface area contributed by atoms with Gasteiger partial charge >= 0.3 is 0 Å². The molecule has 30 heavy (non-hydrogen) atoms. The zero-order valence-electron chi connectivity index (χ0n) is 16.6. The number of nitrogens with one attached hydrogen (secondary N) is 1. The summed E-state index contributed by atoms with van der Waals surface area (Å²) in [5.74, 6) is 2.00. The van der Waals surface area contributed by atoms with Crippen molar-refractivity contribution >= 4 is 32.8 Å². The SMILES string of the molecule is CN1C(CNS(=O)(=O)c2ccc3c(c2)OCCC3)=NCN=C1SCc1cccnc1. The molecule has 3 heterocycles. The number of rotatable bonds is 6. The Morgan fingerprint density at radius 2 is 2.17 bits per heavy atom. The molecule has 0 spiro atoms. The van der Waals surface area contributed by atoms with Crippen molar-refractivity contribution in [3.05, 3.63) is 53.9 Å². The van der Waals surface area contributed by atoms with Gasteiger partial charge in [-0.05, 0) is 36.1 Å². The second kappa shape index (κ2) is 9.15. The van der Waals surface area contributed by atoms with E-state index in [2.05, 4.69) is 19.7 Å². The number of thioether (sulfide) groups is 1. The monoisotopic (exact) mass is 445 g/mol. The van der Waals surface area contributed by atoms with Gasteiger partial charge in [0.25, 0.3) is 0 Å². The third-order valence-corrected chi connectivity index (χ3v) is 7.38. The molecule has 1 aromatic heterocycles. The lowest BCUT2D eigenvalue weighted by atomic mass is 10.1. The molecular formula is C20H23N5O3S2. The van der Waals surface area contributed by atoms with Crippen LogP contribution in [-0.2, 0) is 22.2 Å². The van der Waals surface area contributed by atoms with Crippen LogP contribution in [0.15, 0.2) is 57.6 Å². The summed E-state index contributed by atoms with van der Waals surface area (Å²) < 4.78 is 33.8. The van der Waals surface area contributed by atoms with Crippen molar-refractivity contribution in [3.63, 3.8) is 0 Å². The van der Waals surface area contributed by atoms with Gasteiger partial charge in [-0.1, -0.05) is 23.9 Å². The van der Waals surface area contributed by atoms with Crippen LogP contribution >= 0.6 is 11.8 Å². The Labute approximate surface area is 180 Å². The Morgan fingerprint density at radius 1 is 1.27 bits per heavy atom. The average molecular weight is 446 g/mol. The molecule has 2 aliphatic heterocycles. The lowest BCUT2D eigenvalue weighted by Gasteiger charge is -2.25. The molecule has 0 amide bonds. The van der Waals surface area contributed by atoms with Crippen LogP contribution in [0.5, 0.6) is 5.75 Å². The van der Waals surface area contributed by atoms with Gasteiger partial charge in [-0.25, -0.2) is 23.1 Å². The molecule has 0 fully saturated rings. The minimum absolute atomic E-state index is 0.0866. The molecule has 10 heteroatoms. The summed E-state index contributed by atoms with van der Waals surface area (Å²) in [6.45, 7) is 0.983. The fourth-order valence-corrected chi connectivity index (χ4v) is 5.09. The molecule has 1 aromatic carbocycles. The number of hydrogen-bond donors (Lipinski definition) is 1. The number of aromatic nitrogens is 1. The van der Waals surface area contributed by atoms with Gasteiger partial charge in [0.05, 0.1) is 18.0 Å². The maximum atomic E-state index is 12.8. The lowest BCUT2D eigenvalue weighted by molar-refractivity contribution is 0.287. The normalized spacial score (nSPS) is 16.4. The van der Waals surface area contributed by atoms with E-state index in [1.54, 1.807) is 30.1 Å². The predicted octanol–water partition coefficient (Wildman–Crippen LogP) is 2.28. The molecule has 0 bridgehead atoms. The molecule has 4 rings (SSSR count). The number of sulfonamides is 1. The van der Waals surface area contributed by atoms with Crippen molar-refractivity contribution in [1.29, 1.82) is 0 Å². The van der Waals surface area contributed by atoms with E-state index >= 15 is 0 Å². The van der Waals surface area contributed by atoms with E-state index in [9.17, 15) is 8.42 Å². The first-order chi connectivity index (χ1) is 14.5. The first kappa shape index (κ1) is 20.8. The van der Waals surface area contributed by atoms with E-state index in [-0.39, 0.29) is 18.1 Å². The van der Waals surface area contributed by atoms with Crippen molar-refractivity contribution < 1.29 is 13.2 Å². The Morgan fingerprint density at radius 3 is 3.00 bits per heavy atom. The first-order valence-electron chi connectivity index (χ1n) is 9.61. The van der Waals surface area contributed by atoms with Crippen molar-refractivity contribution in [2.45, 2.75) is 23.5 Å². The number of benzene rings is 1. The van der Waals surface area contributed by atoms with Crippen LogP contribution in [0.25, 0.3) is 0 Å². The van der Waals surface area contributed by atoms with Gasteiger partial charge in [0.2, 0.25) is 10.0 Å². The quantitative estimate of drug-likeness (QED) is 0.733. The highest BCUT2D eigenvalue weighted by atomic mass is 32.2. The zero-order valence-corrected chi connectivity index (χ0v) is 18.2. The maximum Gasteiger partial charge on any atom is 0.241 e. The predicted molar refractivity (Wildman–Crippen MR) is 118 cm³/mol. The molecule has 0 saturated carbocycles. The molecule has 158 valence electrons. The number of ether oxygens (including phenoxy) is 1. The van der Waals surface area contributed by atoms with Gasteiger partial charge in [0, 0.05) is 31.3 Å². The van der Waals surface area contributed by atoms with Crippen molar-refractivity contribution in [3.8, 4) is 5.75 Å². The van der Waals surface area contributed by atoms with Gasteiger partial charge in [-0.3, -0.25) is 4.98 Å². The summed E-state index contributed by atoms with van der Waals surface area (Å²) in [5, 5.41) is 0.797. The minimum Gasteiger partial charge on any atom is -0.493 e. The van der Waals surface area contributed by atoms with Crippen LogP contribution in [0, 0.1) is 0 Å². The molecule has 8 nitrogen and oxygen atoms in total. The van der Waals surface area contributed by atoms with Gasteiger partial charge in [0.15, 0.2) is 5.17 Å². The summed E-state index contributed by atoms with van der Waals surface area (Å²) >= 11 is 1.57. The second-order valence-corrected chi connectivity index (χ2v) is 9.62. The van der Waals surface area contributed by atoms with E-state index in [0.717, 1.165) is 34.9 Å². The number of likely N-dealkylation sites (N-methyl/N-ethyl adjacent to an activating group) is 1. The molecular weight excluding hydrogens is 422 g/mol. The highest BCUT2D eigenvalue weighted by Crippen LogP contribution is 2.27. The third-order valence-electron chi connectivity index (χ3n) is 4.84. The number of fused-ring (bicyclic) bond motifs is 1. The van der Waals surface area contributed by atoms with Crippen LogP contribution in [0.2, 0.25) is 0 Å². The van der Waals surface area contributed by atoms with Crippen LogP contribution in [0.1, 0.15) is 17.5 Å². The molecule has 2 aromatic rings. The maximum absolute atomic E-state index is 12.8. The Hall–Kier alpha value is -2.43. The van der Waals surface area contributed by atoms with E-state index in [1.165, 1.54) is 0 Å². The fraction of sp³-hybridized carbons (Fsp3) is 0.350. The minimum atomic E-state index is -3.68.